The highest BCUT2D eigenvalue weighted by Crippen LogP contribution is 2.38. The smallest absolute Gasteiger partial charge is 0.256 e. The molecule has 0 aromatic carbocycles. The van der Waals surface area contributed by atoms with Gasteiger partial charge in [-0.25, -0.2) is 23.4 Å². The van der Waals surface area contributed by atoms with E-state index >= 15 is 0 Å². The molecule has 4 aromatic heterocycles. The van der Waals surface area contributed by atoms with Gasteiger partial charge in [-0.05, 0) is 43.7 Å². The third kappa shape index (κ3) is 4.02. The molecule has 1 N–H and O–H groups in total. The molecule has 1 unspecified atom stereocenters. The lowest BCUT2D eigenvalue weighted by atomic mass is 10.1. The van der Waals surface area contributed by atoms with Gasteiger partial charge in [0.15, 0.2) is 5.82 Å². The molecule has 2 atom stereocenters. The molecule has 0 radical (unpaired) electrons. The summed E-state index contributed by atoms with van der Waals surface area (Å²) in [6.07, 6.45) is 11.7. The number of fused-ring (bicyclic) bond motifs is 1. The molecule has 11 heteroatoms. The van der Waals surface area contributed by atoms with E-state index in [0.29, 0.717) is 48.4 Å². The average Bonchev–Trinajstić information content (AvgIpc) is 3.29. The molecule has 35 heavy (non-hydrogen) atoms. The van der Waals surface area contributed by atoms with Crippen LogP contribution in [-0.4, -0.2) is 52.5 Å². The van der Waals surface area contributed by atoms with Crippen LogP contribution < -0.4 is 0 Å². The largest absolute Gasteiger partial charge is 0.388 e. The van der Waals surface area contributed by atoms with Crippen LogP contribution in [0.15, 0.2) is 36.9 Å². The number of imidazole rings is 1. The molecule has 0 saturated heterocycles. The Morgan fingerprint density at radius 2 is 1.94 bits per heavy atom. The van der Waals surface area contributed by atoms with E-state index in [1.165, 1.54) is 25.2 Å². The van der Waals surface area contributed by atoms with Gasteiger partial charge >= 0.3 is 0 Å². The van der Waals surface area contributed by atoms with Crippen LogP contribution in [0.2, 0.25) is 0 Å². The minimum atomic E-state index is -3.43. The Kier molecular flexibility index (Phi) is 5.41. The van der Waals surface area contributed by atoms with Crippen molar-refractivity contribution >= 4 is 21.1 Å². The van der Waals surface area contributed by atoms with Gasteiger partial charge in [0.1, 0.15) is 17.9 Å². The summed E-state index contributed by atoms with van der Waals surface area (Å²) < 4.78 is 28.1. The van der Waals surface area contributed by atoms with E-state index in [9.17, 15) is 13.5 Å². The van der Waals surface area contributed by atoms with Gasteiger partial charge in [-0.2, -0.15) is 9.19 Å². The van der Waals surface area contributed by atoms with Gasteiger partial charge in [0, 0.05) is 24.4 Å². The fourth-order valence-corrected chi connectivity index (χ4v) is 6.55. The first-order chi connectivity index (χ1) is 16.9. The Morgan fingerprint density at radius 1 is 1.09 bits per heavy atom. The van der Waals surface area contributed by atoms with Gasteiger partial charge in [0.25, 0.3) is 10.0 Å². The van der Waals surface area contributed by atoms with Crippen molar-refractivity contribution in [2.75, 3.05) is 0 Å². The molecule has 2 fully saturated rings. The molecule has 10 nitrogen and oxygen atoms in total. The molecule has 0 aliphatic heterocycles. The summed E-state index contributed by atoms with van der Waals surface area (Å²) in [5, 5.41) is 13.6. The van der Waals surface area contributed by atoms with E-state index in [4.69, 9.17) is 0 Å². The van der Waals surface area contributed by atoms with Crippen molar-refractivity contribution in [1.29, 1.82) is 0 Å². The fourth-order valence-electron chi connectivity index (χ4n) is 5.08. The summed E-state index contributed by atoms with van der Waals surface area (Å²) in [4.78, 5) is 18.2. The lowest BCUT2D eigenvalue weighted by Gasteiger charge is -2.20. The number of aliphatic hydroxyl groups excluding tert-OH is 1. The Morgan fingerprint density at radius 3 is 2.69 bits per heavy atom. The number of hydrogen-bond donors (Lipinski definition) is 1. The topological polar surface area (TPSA) is 129 Å². The number of hydrogen-bond acceptors (Lipinski definition) is 8. The average molecular weight is 494 g/mol. The van der Waals surface area contributed by atoms with Crippen molar-refractivity contribution in [1.82, 2.24) is 33.7 Å². The number of aliphatic hydroxyl groups is 1. The fraction of sp³-hybridized carbons (Fsp3) is 0.458. The number of pyridine rings is 1. The molecule has 2 saturated carbocycles. The van der Waals surface area contributed by atoms with Crippen molar-refractivity contribution in [3.63, 3.8) is 0 Å². The molecule has 6 rings (SSSR count). The summed E-state index contributed by atoms with van der Waals surface area (Å²) in [6.45, 7) is 2.15. The van der Waals surface area contributed by atoms with E-state index in [1.807, 2.05) is 12.1 Å². The van der Waals surface area contributed by atoms with Gasteiger partial charge in [-0.1, -0.05) is 13.3 Å². The number of rotatable bonds is 7. The molecule has 4 aromatic rings. The van der Waals surface area contributed by atoms with E-state index in [-0.39, 0.29) is 11.9 Å². The minimum absolute atomic E-state index is 0.105. The van der Waals surface area contributed by atoms with Crippen LogP contribution in [0, 0.1) is 5.92 Å². The third-order valence-corrected chi connectivity index (χ3v) is 9.13. The quantitative estimate of drug-likeness (QED) is 0.416. The second kappa shape index (κ2) is 8.49. The lowest BCUT2D eigenvalue weighted by molar-refractivity contribution is 0.256. The maximum atomic E-state index is 12.4. The zero-order valence-corrected chi connectivity index (χ0v) is 20.3. The Labute approximate surface area is 203 Å². The summed E-state index contributed by atoms with van der Waals surface area (Å²) in [5.74, 6) is 1.64. The van der Waals surface area contributed by atoms with Gasteiger partial charge in [0.2, 0.25) is 0 Å². The maximum Gasteiger partial charge on any atom is 0.256 e. The van der Waals surface area contributed by atoms with Crippen LogP contribution in [0.1, 0.15) is 62.3 Å². The zero-order chi connectivity index (χ0) is 24.2. The van der Waals surface area contributed by atoms with E-state index in [0.717, 1.165) is 32.9 Å². The van der Waals surface area contributed by atoms with Crippen molar-refractivity contribution < 1.29 is 13.5 Å². The van der Waals surface area contributed by atoms with Crippen molar-refractivity contribution in [3.8, 4) is 11.4 Å². The monoisotopic (exact) mass is 493 g/mol. The Balaban J connectivity index is 1.30. The second-order valence-corrected chi connectivity index (χ2v) is 11.7. The van der Waals surface area contributed by atoms with Crippen molar-refractivity contribution in [3.05, 3.63) is 54.1 Å². The highest BCUT2D eigenvalue weighted by Gasteiger charge is 2.37. The molecule has 0 spiro atoms. The van der Waals surface area contributed by atoms with Crippen LogP contribution in [0.25, 0.3) is 22.4 Å². The molecular weight excluding hydrogens is 466 g/mol. The molecule has 0 amide bonds. The normalized spacial score (nSPS) is 20.6. The third-order valence-electron chi connectivity index (χ3n) is 7.10. The molecular formula is C24H27N7O3S. The van der Waals surface area contributed by atoms with Crippen molar-refractivity contribution in [2.45, 2.75) is 63.3 Å². The maximum absolute atomic E-state index is 12.4. The SMILES string of the molecule is C[C@@H]1CCCC1n1c(CO)nc2cnc(Cc3ccnc(-c4cnn(S(=O)(=O)C5CC5)c4)n3)cc21. The van der Waals surface area contributed by atoms with E-state index < -0.39 is 10.0 Å². The Bertz CT molecular complexity index is 1510. The van der Waals surface area contributed by atoms with Crippen molar-refractivity contribution in [2.24, 2.45) is 5.92 Å². The minimum Gasteiger partial charge on any atom is -0.388 e. The molecule has 182 valence electrons. The molecule has 2 aliphatic rings. The zero-order valence-electron chi connectivity index (χ0n) is 19.4. The van der Waals surface area contributed by atoms with E-state index in [2.05, 4.69) is 36.5 Å². The molecule has 2 aliphatic carbocycles. The molecule has 0 bridgehead atoms. The van der Waals surface area contributed by atoms with Crippen LogP contribution in [-0.2, 0) is 23.1 Å². The molecule has 4 heterocycles. The van der Waals surface area contributed by atoms with Gasteiger partial charge < -0.3 is 9.67 Å². The van der Waals surface area contributed by atoms with Crippen LogP contribution in [0.4, 0.5) is 0 Å². The number of aromatic nitrogens is 7. The highest BCUT2D eigenvalue weighted by molar-refractivity contribution is 7.90. The second-order valence-electron chi connectivity index (χ2n) is 9.59. The lowest BCUT2D eigenvalue weighted by Crippen LogP contribution is -2.17. The first-order valence-corrected chi connectivity index (χ1v) is 13.5. The summed E-state index contributed by atoms with van der Waals surface area (Å²) in [6, 6.07) is 4.19. The first kappa shape index (κ1) is 22.3. The van der Waals surface area contributed by atoms with Gasteiger partial charge in [0.05, 0.1) is 40.6 Å². The van der Waals surface area contributed by atoms with Gasteiger partial charge in [-0.15, -0.1) is 0 Å². The number of nitrogens with zero attached hydrogens (tertiary/aromatic N) is 7. The van der Waals surface area contributed by atoms with Crippen LogP contribution in [0.3, 0.4) is 0 Å². The van der Waals surface area contributed by atoms with Crippen LogP contribution >= 0.6 is 0 Å². The van der Waals surface area contributed by atoms with E-state index in [1.54, 1.807) is 12.4 Å². The summed E-state index contributed by atoms with van der Waals surface area (Å²) in [7, 11) is -3.43. The predicted molar refractivity (Wildman–Crippen MR) is 129 cm³/mol. The summed E-state index contributed by atoms with van der Waals surface area (Å²) >= 11 is 0. The predicted octanol–water partition coefficient (Wildman–Crippen LogP) is 2.87. The Hall–Kier alpha value is -3.18. The standard InChI is InChI=1S/C24H27N7O3S/c1-15-3-2-4-21(15)31-22-10-18(26-12-20(22)29-23(31)14-32)9-17-7-8-25-24(28-17)16-11-27-30(13-16)35(33,34)19-5-6-19/h7-8,10-13,15,19,21,32H,2-6,9,14H2,1H3/t15-,21?/m1/s1. The highest BCUT2D eigenvalue weighted by atomic mass is 32.2. The van der Waals surface area contributed by atoms with Gasteiger partial charge in [-0.3, -0.25) is 4.98 Å². The first-order valence-electron chi connectivity index (χ1n) is 12.0. The van der Waals surface area contributed by atoms with Crippen LogP contribution in [0.5, 0.6) is 0 Å². The summed E-state index contributed by atoms with van der Waals surface area (Å²) in [5.41, 5.74) is 3.93.